The van der Waals surface area contributed by atoms with E-state index in [1.807, 2.05) is 50.8 Å². The van der Waals surface area contributed by atoms with Crippen LogP contribution in [0.25, 0.3) is 4.91 Å². The highest BCUT2D eigenvalue weighted by Crippen LogP contribution is 2.35. The van der Waals surface area contributed by atoms with Gasteiger partial charge in [0.2, 0.25) is 5.91 Å². The van der Waals surface area contributed by atoms with E-state index in [2.05, 4.69) is 16.6 Å². The van der Waals surface area contributed by atoms with Gasteiger partial charge in [0.1, 0.15) is 10.7 Å². The number of piperidine rings is 1. The molecule has 1 atom stereocenters. The van der Waals surface area contributed by atoms with Gasteiger partial charge in [-0.05, 0) is 56.7 Å². The molecule has 1 fully saturated rings. The monoisotopic (exact) mass is 445 g/mol. The van der Waals surface area contributed by atoms with Gasteiger partial charge in [0, 0.05) is 30.6 Å². The number of carbonyl (C=O) groups excluding carboxylic acids is 1. The quantitative estimate of drug-likeness (QED) is 0.712. The Labute approximate surface area is 186 Å². The Bertz CT molecular complexity index is 1000. The van der Waals surface area contributed by atoms with Crippen molar-refractivity contribution in [3.63, 3.8) is 0 Å². The molecule has 1 amide bonds. The second-order valence-electron chi connectivity index (χ2n) is 8.96. The molecule has 0 aromatic heterocycles. The summed E-state index contributed by atoms with van der Waals surface area (Å²) in [6.45, 7) is 11.3. The number of unbranched alkanes of at least 4 members (excludes halogenated alkanes) is 1. The smallest absolute Gasteiger partial charge is 0.285 e. The van der Waals surface area contributed by atoms with Crippen molar-refractivity contribution in [2.45, 2.75) is 72.8 Å². The van der Waals surface area contributed by atoms with Crippen molar-refractivity contribution in [1.29, 1.82) is 0 Å². The molecule has 1 N–H and O–H groups in total. The van der Waals surface area contributed by atoms with Crippen LogP contribution in [0.15, 0.2) is 28.2 Å². The van der Waals surface area contributed by atoms with Crippen LogP contribution in [0.4, 0.5) is 0 Å². The zero-order valence-electron chi connectivity index (χ0n) is 19.4. The second kappa shape index (κ2) is 9.55. The van der Waals surface area contributed by atoms with E-state index in [0.717, 1.165) is 43.2 Å². The highest BCUT2D eigenvalue weighted by Gasteiger charge is 2.35. The van der Waals surface area contributed by atoms with Crippen LogP contribution < -0.4 is 5.32 Å². The molecule has 3 rings (SSSR count). The van der Waals surface area contributed by atoms with E-state index in [4.69, 9.17) is 0 Å². The Morgan fingerprint density at radius 3 is 2.48 bits per heavy atom. The molecule has 31 heavy (non-hydrogen) atoms. The van der Waals surface area contributed by atoms with E-state index < -0.39 is 10.0 Å². The lowest BCUT2D eigenvalue weighted by molar-refractivity contribution is -0.125. The average molecular weight is 446 g/mol. The zero-order valence-corrected chi connectivity index (χ0v) is 20.2. The van der Waals surface area contributed by atoms with Crippen LogP contribution >= 0.6 is 0 Å². The van der Waals surface area contributed by atoms with E-state index in [1.54, 1.807) is 0 Å². The molecule has 2 aliphatic heterocycles. The van der Waals surface area contributed by atoms with Gasteiger partial charge < -0.3 is 10.2 Å². The number of amidine groups is 1. The number of hydrogen-bond donors (Lipinski definition) is 1. The lowest BCUT2D eigenvalue weighted by atomic mass is 9.99. The summed E-state index contributed by atoms with van der Waals surface area (Å²) in [5.74, 6) is 0.711. The molecule has 0 spiro atoms. The first-order chi connectivity index (χ1) is 14.6. The van der Waals surface area contributed by atoms with Crippen LogP contribution in [-0.2, 0) is 14.8 Å². The molecule has 6 nitrogen and oxygen atoms in total. The summed E-state index contributed by atoms with van der Waals surface area (Å²) in [7, 11) is -3.71. The van der Waals surface area contributed by atoms with E-state index >= 15 is 0 Å². The first-order valence-electron chi connectivity index (χ1n) is 11.3. The van der Waals surface area contributed by atoms with Crippen LogP contribution in [0.3, 0.4) is 0 Å². The van der Waals surface area contributed by atoms with Gasteiger partial charge in [-0.15, -0.1) is 4.40 Å². The van der Waals surface area contributed by atoms with Gasteiger partial charge in [-0.3, -0.25) is 4.79 Å². The Balaban J connectivity index is 1.68. The standard InChI is InChI=1S/C24H35N3O3S/c1-6-7-8-17(3)24(28)25-21-11-13-27(14-12-21)23-19(5)22(31(29,30)26-23)20-10-9-16(2)18(4)15-20/h9-10,15,17,21H,6-8,11-14H2,1-5H3,(H,25,28). The average Bonchev–Trinajstić information content (AvgIpc) is 2.97. The van der Waals surface area contributed by atoms with Crippen molar-refractivity contribution in [1.82, 2.24) is 10.2 Å². The largest absolute Gasteiger partial charge is 0.356 e. The van der Waals surface area contributed by atoms with E-state index in [-0.39, 0.29) is 17.9 Å². The fourth-order valence-electron chi connectivity index (χ4n) is 4.29. The number of sulfonamides is 1. The summed E-state index contributed by atoms with van der Waals surface area (Å²) in [4.78, 5) is 14.8. The summed E-state index contributed by atoms with van der Waals surface area (Å²) in [6.07, 6.45) is 4.66. The van der Waals surface area contributed by atoms with Gasteiger partial charge in [0.25, 0.3) is 10.0 Å². The van der Waals surface area contributed by atoms with Crippen molar-refractivity contribution >= 4 is 26.7 Å². The van der Waals surface area contributed by atoms with E-state index in [0.29, 0.717) is 35.0 Å². The predicted octanol–water partition coefficient (Wildman–Crippen LogP) is 4.18. The number of likely N-dealkylation sites (tertiary alicyclic amines) is 1. The van der Waals surface area contributed by atoms with Crippen LogP contribution in [-0.4, -0.2) is 44.2 Å². The van der Waals surface area contributed by atoms with Crippen molar-refractivity contribution in [2.24, 2.45) is 10.3 Å². The normalized spacial score (nSPS) is 20.0. The van der Waals surface area contributed by atoms with Gasteiger partial charge >= 0.3 is 0 Å². The minimum atomic E-state index is -3.71. The lowest BCUT2D eigenvalue weighted by Crippen LogP contribution is -2.47. The van der Waals surface area contributed by atoms with Gasteiger partial charge in [-0.25, -0.2) is 0 Å². The third-order valence-electron chi connectivity index (χ3n) is 6.49. The molecule has 7 heteroatoms. The summed E-state index contributed by atoms with van der Waals surface area (Å²) >= 11 is 0. The lowest BCUT2D eigenvalue weighted by Gasteiger charge is -2.34. The molecule has 0 saturated carbocycles. The SMILES string of the molecule is CCCCC(C)C(=O)NC1CCN(C2=NS(=O)(=O)C(c3ccc(C)c(C)c3)=C2C)CC1. The molecule has 1 aromatic carbocycles. The highest BCUT2D eigenvalue weighted by molar-refractivity contribution is 8.00. The molecule has 2 aliphatic rings. The molecule has 2 heterocycles. The summed E-state index contributed by atoms with van der Waals surface area (Å²) in [5.41, 5.74) is 3.60. The Morgan fingerprint density at radius 1 is 1.19 bits per heavy atom. The summed E-state index contributed by atoms with van der Waals surface area (Å²) < 4.78 is 29.9. The fraction of sp³-hybridized carbons (Fsp3) is 0.583. The van der Waals surface area contributed by atoms with Gasteiger partial charge in [0.05, 0.1) is 0 Å². The zero-order chi connectivity index (χ0) is 22.8. The van der Waals surface area contributed by atoms with Crippen molar-refractivity contribution in [3.05, 3.63) is 40.5 Å². The molecule has 0 aliphatic carbocycles. The Kier molecular flexibility index (Phi) is 7.24. The van der Waals surface area contributed by atoms with Gasteiger partial charge in [0.15, 0.2) is 0 Å². The second-order valence-corrected chi connectivity index (χ2v) is 10.5. The van der Waals surface area contributed by atoms with Crippen molar-refractivity contribution < 1.29 is 13.2 Å². The number of hydrogen-bond acceptors (Lipinski definition) is 4. The molecule has 170 valence electrons. The highest BCUT2D eigenvalue weighted by atomic mass is 32.2. The van der Waals surface area contributed by atoms with Crippen LogP contribution in [0.1, 0.15) is 69.6 Å². The van der Waals surface area contributed by atoms with E-state index in [9.17, 15) is 13.2 Å². The van der Waals surface area contributed by atoms with Gasteiger partial charge in [-0.1, -0.05) is 44.9 Å². The number of carbonyl (C=O) groups is 1. The maximum atomic E-state index is 12.9. The number of aryl methyl sites for hydroxylation is 2. The molecule has 0 radical (unpaired) electrons. The molecular weight excluding hydrogens is 410 g/mol. The van der Waals surface area contributed by atoms with Crippen molar-refractivity contribution in [3.8, 4) is 0 Å². The first-order valence-corrected chi connectivity index (χ1v) is 12.8. The topological polar surface area (TPSA) is 78.8 Å². The predicted molar refractivity (Wildman–Crippen MR) is 126 cm³/mol. The molecule has 1 unspecified atom stereocenters. The molecule has 1 saturated heterocycles. The van der Waals surface area contributed by atoms with Gasteiger partial charge in [-0.2, -0.15) is 8.42 Å². The number of benzene rings is 1. The number of rotatable bonds is 6. The number of nitrogens with zero attached hydrogens (tertiary/aromatic N) is 2. The minimum absolute atomic E-state index is 0.0352. The van der Waals surface area contributed by atoms with Crippen LogP contribution in [0.5, 0.6) is 0 Å². The fourth-order valence-corrected chi connectivity index (χ4v) is 5.76. The summed E-state index contributed by atoms with van der Waals surface area (Å²) in [6, 6.07) is 5.87. The molecular formula is C24H35N3O3S. The Morgan fingerprint density at radius 2 is 1.87 bits per heavy atom. The summed E-state index contributed by atoms with van der Waals surface area (Å²) in [5, 5.41) is 3.18. The maximum Gasteiger partial charge on any atom is 0.285 e. The van der Waals surface area contributed by atoms with Crippen LogP contribution in [0, 0.1) is 19.8 Å². The van der Waals surface area contributed by atoms with Crippen molar-refractivity contribution in [2.75, 3.05) is 13.1 Å². The first kappa shape index (κ1) is 23.5. The third kappa shape index (κ3) is 5.20. The van der Waals surface area contributed by atoms with Crippen LogP contribution in [0.2, 0.25) is 0 Å². The number of amides is 1. The third-order valence-corrected chi connectivity index (χ3v) is 7.96. The van der Waals surface area contributed by atoms with E-state index in [1.165, 1.54) is 0 Å². The maximum absolute atomic E-state index is 12.9. The molecule has 0 bridgehead atoms. The minimum Gasteiger partial charge on any atom is -0.356 e. The number of nitrogens with one attached hydrogen (secondary N) is 1. The Hall–Kier alpha value is -2.15. The molecule has 1 aromatic rings.